The smallest absolute Gasteiger partial charge is 0.198 e. The van der Waals surface area contributed by atoms with Gasteiger partial charge in [-0.05, 0) is 83.2 Å². The normalized spacial score (nSPS) is 4.95. The first-order chi connectivity index (χ1) is 9.27. The molecule has 0 aliphatic heterocycles. The van der Waals surface area contributed by atoms with Crippen LogP contribution >= 0.6 is 11.8 Å². The van der Waals surface area contributed by atoms with E-state index >= 15 is 0 Å². The molecule has 0 radical (unpaired) electrons. The first kappa shape index (κ1) is 15.9. The Morgan fingerprint density at radius 2 is 1.05 bits per heavy atom. The third kappa shape index (κ3) is 14.9. The number of hydrogen-bond acceptors (Lipinski definition) is 2. The van der Waals surface area contributed by atoms with Crippen molar-refractivity contribution in [3.05, 3.63) is 0 Å². The van der Waals surface area contributed by atoms with Crippen molar-refractivity contribution >= 4 is 16.9 Å². The highest BCUT2D eigenvalue weighted by Crippen LogP contribution is 1.94. The lowest BCUT2D eigenvalue weighted by Gasteiger charge is -1.72. The van der Waals surface area contributed by atoms with Crippen LogP contribution in [0.2, 0.25) is 0 Å². The summed E-state index contributed by atoms with van der Waals surface area (Å²) in [6.45, 7) is 3.13. The summed E-state index contributed by atoms with van der Waals surface area (Å²) < 4.78 is 0. The third-order valence-electron chi connectivity index (χ3n) is 1.06. The summed E-state index contributed by atoms with van der Waals surface area (Å²) in [5.41, 5.74) is 0. The van der Waals surface area contributed by atoms with Crippen LogP contribution in [0.3, 0.4) is 0 Å². The molecule has 0 saturated carbocycles. The van der Waals surface area contributed by atoms with Crippen LogP contribution < -0.4 is 0 Å². The van der Waals surface area contributed by atoms with Gasteiger partial charge < -0.3 is 0 Å². The molecule has 0 heterocycles. The van der Waals surface area contributed by atoms with Crippen LogP contribution in [0.25, 0.3) is 0 Å². The Kier molecular flexibility index (Phi) is 10.9. The number of carbonyl (C=O) groups is 1. The molecule has 2 heteroatoms. The predicted octanol–water partition coefficient (Wildman–Crippen LogP) is 1.27. The standard InChI is InChI=1S/C17H6OS/c1-3-4-5-6-7-8-9-10-11-12-13-14-15-16-19-17(2)18/h1-2H3. The van der Waals surface area contributed by atoms with Gasteiger partial charge in [-0.1, -0.05) is 5.92 Å². The van der Waals surface area contributed by atoms with E-state index < -0.39 is 0 Å². The molecular formula is C17H6OS. The van der Waals surface area contributed by atoms with Crippen molar-refractivity contribution in [3.8, 4) is 82.2 Å². The minimum absolute atomic E-state index is 0.0714. The van der Waals surface area contributed by atoms with Crippen LogP contribution in [0.4, 0.5) is 0 Å². The molecule has 1 nitrogen and oxygen atoms in total. The first-order valence-corrected chi connectivity index (χ1v) is 5.68. The molecule has 0 unspecified atom stereocenters. The van der Waals surface area contributed by atoms with Crippen LogP contribution in [0.15, 0.2) is 0 Å². The molecule has 86 valence electrons. The fraction of sp³-hybridized carbons (Fsp3) is 0.118. The van der Waals surface area contributed by atoms with Gasteiger partial charge in [0.15, 0.2) is 5.12 Å². The second-order valence-electron chi connectivity index (χ2n) is 2.45. The fourth-order valence-electron chi connectivity index (χ4n) is 0.498. The molecule has 0 amide bonds. The van der Waals surface area contributed by atoms with Crippen LogP contribution in [0.1, 0.15) is 13.8 Å². The van der Waals surface area contributed by atoms with E-state index in [9.17, 15) is 4.79 Å². The Morgan fingerprint density at radius 3 is 1.42 bits per heavy atom. The second kappa shape index (κ2) is 13.0. The van der Waals surface area contributed by atoms with E-state index in [2.05, 4.69) is 82.2 Å². The maximum absolute atomic E-state index is 10.5. The molecule has 0 saturated heterocycles. The van der Waals surface area contributed by atoms with Crippen LogP contribution in [0, 0.1) is 82.2 Å². The quantitative estimate of drug-likeness (QED) is 0.609. The maximum Gasteiger partial charge on any atom is 0.198 e. The number of rotatable bonds is 0. The predicted molar refractivity (Wildman–Crippen MR) is 78.4 cm³/mol. The molecule has 0 aliphatic carbocycles. The zero-order valence-corrected chi connectivity index (χ0v) is 11.1. The molecule has 0 atom stereocenters. The lowest BCUT2D eigenvalue weighted by molar-refractivity contribution is -0.109. The van der Waals surface area contributed by atoms with Gasteiger partial charge in [0, 0.05) is 18.7 Å². The van der Waals surface area contributed by atoms with Gasteiger partial charge in [0.05, 0.1) is 0 Å². The molecule has 0 aromatic heterocycles. The van der Waals surface area contributed by atoms with E-state index in [4.69, 9.17) is 0 Å². The summed E-state index contributed by atoms with van der Waals surface area (Å²) in [6.07, 6.45) is 0. The van der Waals surface area contributed by atoms with Gasteiger partial charge >= 0.3 is 0 Å². The summed E-state index contributed by atoms with van der Waals surface area (Å²) >= 11 is 0.895. The Balaban J connectivity index is 4.23. The van der Waals surface area contributed by atoms with Crippen molar-refractivity contribution in [2.75, 3.05) is 0 Å². The average Bonchev–Trinajstić information content (AvgIpc) is 2.39. The van der Waals surface area contributed by atoms with Gasteiger partial charge in [0.2, 0.25) is 0 Å². The SMILES string of the molecule is CC#CC#CC#CC#CC#CC#CC#CSC(C)=O. The van der Waals surface area contributed by atoms with Crippen LogP contribution in [0.5, 0.6) is 0 Å². The largest absolute Gasteiger partial charge is 0.287 e. The third-order valence-corrected chi connectivity index (χ3v) is 1.55. The summed E-state index contributed by atoms with van der Waals surface area (Å²) in [7, 11) is 0. The van der Waals surface area contributed by atoms with E-state index in [1.54, 1.807) is 6.92 Å². The molecule has 0 spiro atoms. The monoisotopic (exact) mass is 258 g/mol. The zero-order chi connectivity index (χ0) is 14.2. The van der Waals surface area contributed by atoms with Gasteiger partial charge in [-0.25, -0.2) is 0 Å². The molecule has 0 aromatic carbocycles. The highest BCUT2D eigenvalue weighted by molar-refractivity contribution is 8.17. The minimum Gasteiger partial charge on any atom is -0.287 e. The highest BCUT2D eigenvalue weighted by atomic mass is 32.2. The maximum atomic E-state index is 10.5. The van der Waals surface area contributed by atoms with E-state index in [-0.39, 0.29) is 5.12 Å². The molecule has 0 rings (SSSR count). The zero-order valence-electron chi connectivity index (χ0n) is 10.3. The number of carbonyl (C=O) groups excluding carboxylic acids is 1. The summed E-state index contributed by atoms with van der Waals surface area (Å²) in [4.78, 5) is 10.5. The van der Waals surface area contributed by atoms with Crippen LogP contribution in [-0.2, 0) is 4.79 Å². The Morgan fingerprint density at radius 1 is 0.684 bits per heavy atom. The molecule has 0 fully saturated rings. The lowest BCUT2D eigenvalue weighted by Crippen LogP contribution is -1.73. The van der Waals surface area contributed by atoms with E-state index in [1.807, 2.05) is 0 Å². The van der Waals surface area contributed by atoms with Crippen molar-refractivity contribution in [3.63, 3.8) is 0 Å². The summed E-state index contributed by atoms with van der Waals surface area (Å²) in [5.74, 6) is 32.5. The number of thioether (sulfide) groups is 1. The van der Waals surface area contributed by atoms with Gasteiger partial charge in [-0.15, -0.1) is 0 Å². The van der Waals surface area contributed by atoms with Gasteiger partial charge in [0.1, 0.15) is 0 Å². The molecular weight excluding hydrogens is 252 g/mol. The van der Waals surface area contributed by atoms with E-state index in [0.717, 1.165) is 11.8 Å². The average molecular weight is 258 g/mol. The van der Waals surface area contributed by atoms with Gasteiger partial charge in [-0.3, -0.25) is 4.79 Å². The van der Waals surface area contributed by atoms with Crippen molar-refractivity contribution < 1.29 is 4.79 Å². The van der Waals surface area contributed by atoms with E-state index in [1.165, 1.54) is 6.92 Å². The first-order valence-electron chi connectivity index (χ1n) is 4.86. The molecule has 19 heavy (non-hydrogen) atoms. The van der Waals surface area contributed by atoms with Crippen molar-refractivity contribution in [1.29, 1.82) is 0 Å². The van der Waals surface area contributed by atoms with Crippen LogP contribution in [-0.4, -0.2) is 5.12 Å². The van der Waals surface area contributed by atoms with Crippen molar-refractivity contribution in [2.45, 2.75) is 13.8 Å². The summed E-state index contributed by atoms with van der Waals surface area (Å²) in [5, 5.41) is 2.44. The van der Waals surface area contributed by atoms with Gasteiger partial charge in [-0.2, -0.15) is 0 Å². The molecule has 0 N–H and O–H groups in total. The summed E-state index contributed by atoms with van der Waals surface area (Å²) in [6, 6.07) is 0. The molecule has 0 aromatic rings. The fourth-order valence-corrected chi connectivity index (χ4v) is 0.744. The molecule has 0 bridgehead atoms. The minimum atomic E-state index is -0.0714. The van der Waals surface area contributed by atoms with Crippen molar-refractivity contribution in [2.24, 2.45) is 0 Å². The topological polar surface area (TPSA) is 17.1 Å². The second-order valence-corrected chi connectivity index (χ2v) is 3.43. The molecule has 0 aliphatic rings. The Labute approximate surface area is 118 Å². The van der Waals surface area contributed by atoms with Gasteiger partial charge in [0.25, 0.3) is 0 Å². The Hall–Kier alpha value is -3.06. The van der Waals surface area contributed by atoms with Crippen molar-refractivity contribution in [1.82, 2.24) is 0 Å². The lowest BCUT2D eigenvalue weighted by atomic mass is 10.5. The Bertz CT molecular complexity index is 765. The number of hydrogen-bond donors (Lipinski definition) is 0. The van der Waals surface area contributed by atoms with E-state index in [0.29, 0.717) is 0 Å². The highest BCUT2D eigenvalue weighted by Gasteiger charge is 1.83.